The van der Waals surface area contributed by atoms with Gasteiger partial charge in [0.25, 0.3) is 0 Å². The number of hydrogen-bond donors (Lipinski definition) is 0. The van der Waals surface area contributed by atoms with E-state index in [4.69, 9.17) is 23.2 Å². The van der Waals surface area contributed by atoms with E-state index in [1.54, 1.807) is 0 Å². The highest BCUT2D eigenvalue weighted by Crippen LogP contribution is 2.14. The Morgan fingerprint density at radius 2 is 1.45 bits per heavy atom. The molecule has 0 saturated carbocycles. The maximum atomic E-state index is 14.6. The van der Waals surface area contributed by atoms with Gasteiger partial charge in [-0.25, -0.2) is 9.02 Å². The van der Waals surface area contributed by atoms with E-state index in [9.17, 15) is 4.39 Å². The van der Waals surface area contributed by atoms with Crippen molar-refractivity contribution >= 4 is 36.2 Å². The molecule has 22 heavy (non-hydrogen) atoms. The van der Waals surface area contributed by atoms with E-state index >= 15 is 0 Å². The van der Waals surface area contributed by atoms with Gasteiger partial charge in [0, 0.05) is 37.4 Å². The van der Waals surface area contributed by atoms with Crippen LogP contribution in [0.1, 0.15) is 12.8 Å². The molecule has 2 aliphatic rings. The Morgan fingerprint density at radius 3 is 2.14 bits per heavy atom. The van der Waals surface area contributed by atoms with Crippen molar-refractivity contribution in [1.82, 2.24) is 10.3 Å². The molecule has 1 aromatic carbocycles. The van der Waals surface area contributed by atoms with Gasteiger partial charge in [0.2, 0.25) is 0 Å². The molecule has 0 spiro atoms. The van der Waals surface area contributed by atoms with Crippen molar-refractivity contribution in [1.29, 1.82) is 0 Å². The van der Waals surface area contributed by atoms with Crippen LogP contribution in [-0.4, -0.2) is 51.0 Å². The van der Waals surface area contributed by atoms with Crippen LogP contribution in [0.5, 0.6) is 0 Å². The van der Waals surface area contributed by atoms with Gasteiger partial charge in [-0.05, 0) is 18.9 Å². The first kappa shape index (κ1) is 14.1. The van der Waals surface area contributed by atoms with Crippen LogP contribution in [0.15, 0.2) is 10.7 Å². The van der Waals surface area contributed by atoms with E-state index in [0.29, 0.717) is 37.4 Å². The summed E-state index contributed by atoms with van der Waals surface area (Å²) in [7, 11) is -1.47. The van der Waals surface area contributed by atoms with Gasteiger partial charge in [-0.3, -0.25) is 0 Å². The van der Waals surface area contributed by atoms with Crippen LogP contribution >= 0.6 is 0 Å². The van der Waals surface area contributed by atoms with Crippen LogP contribution in [0.25, 0.3) is 11.0 Å². The van der Waals surface area contributed by atoms with Gasteiger partial charge in [-0.15, -0.1) is 0 Å². The van der Waals surface area contributed by atoms with E-state index in [2.05, 4.69) is 10.3 Å². The number of fused-ring (bicyclic) bond motifs is 1. The topological polar surface area (TPSA) is 75.8 Å². The molecule has 1 aromatic heterocycles. The average molecular weight is 306 g/mol. The smallest absolute Gasteiger partial charge is 0.407 e. The van der Waals surface area contributed by atoms with Gasteiger partial charge < -0.3 is 18.6 Å². The highest BCUT2D eigenvalue weighted by atomic mass is 19.1. The molecule has 0 atom stereocenters. The average Bonchev–Trinajstić information content (AvgIpc) is 3.05. The standard InChI is InChI=1S/C12H13B2FN2O5/c15-9-7-8(13-18-3-1-4-19-13)11-12(17-22-16-11)10(9)14-20-5-2-6-21-14/h7H,1-6H2. The number of nitrogens with zero attached hydrogens (tertiary/aromatic N) is 2. The molecule has 0 N–H and O–H groups in total. The molecule has 4 rings (SSSR count). The second-order valence-electron chi connectivity index (χ2n) is 5.18. The summed E-state index contributed by atoms with van der Waals surface area (Å²) >= 11 is 0. The van der Waals surface area contributed by atoms with Crippen LogP contribution in [0, 0.1) is 5.82 Å². The monoisotopic (exact) mass is 306 g/mol. The summed E-state index contributed by atoms with van der Waals surface area (Å²) in [5, 5.41) is 7.68. The maximum Gasteiger partial charge on any atom is 0.499 e. The largest absolute Gasteiger partial charge is 0.499 e. The van der Waals surface area contributed by atoms with Crippen LogP contribution in [0.2, 0.25) is 0 Å². The third-order valence-corrected chi connectivity index (χ3v) is 3.70. The van der Waals surface area contributed by atoms with Crippen LogP contribution in [0.3, 0.4) is 0 Å². The molecule has 2 aliphatic heterocycles. The molecule has 2 saturated heterocycles. The predicted molar refractivity (Wildman–Crippen MR) is 75.6 cm³/mol. The number of halogens is 1. The normalized spacial score (nSPS) is 19.9. The molecule has 10 heteroatoms. The summed E-state index contributed by atoms with van der Waals surface area (Å²) in [5.41, 5.74) is 1.35. The van der Waals surface area contributed by atoms with Crippen molar-refractivity contribution in [3.63, 3.8) is 0 Å². The molecule has 114 valence electrons. The van der Waals surface area contributed by atoms with Crippen molar-refractivity contribution in [3.8, 4) is 0 Å². The van der Waals surface area contributed by atoms with E-state index in [0.717, 1.165) is 12.8 Å². The molecule has 3 heterocycles. The fourth-order valence-electron chi connectivity index (χ4n) is 2.68. The molecular weight excluding hydrogens is 293 g/mol. The highest BCUT2D eigenvalue weighted by Gasteiger charge is 2.36. The van der Waals surface area contributed by atoms with Crippen molar-refractivity contribution in [3.05, 3.63) is 11.9 Å². The summed E-state index contributed by atoms with van der Waals surface area (Å²) in [6, 6.07) is 1.33. The third kappa shape index (κ3) is 2.41. The molecule has 0 radical (unpaired) electrons. The maximum absolute atomic E-state index is 14.6. The van der Waals surface area contributed by atoms with Gasteiger partial charge in [-0.1, -0.05) is 10.3 Å². The Morgan fingerprint density at radius 1 is 0.864 bits per heavy atom. The Balaban J connectivity index is 1.79. The lowest BCUT2D eigenvalue weighted by molar-refractivity contribution is 0.142. The minimum Gasteiger partial charge on any atom is -0.407 e. The summed E-state index contributed by atoms with van der Waals surface area (Å²) < 4.78 is 41.4. The number of hydrogen-bond acceptors (Lipinski definition) is 7. The Bertz CT molecular complexity index is 673. The minimum atomic E-state index is -0.801. The third-order valence-electron chi connectivity index (χ3n) is 3.70. The van der Waals surface area contributed by atoms with E-state index in [1.807, 2.05) is 0 Å². The molecule has 2 aromatic rings. The number of rotatable bonds is 2. The zero-order valence-electron chi connectivity index (χ0n) is 11.8. The van der Waals surface area contributed by atoms with Crippen molar-refractivity contribution in [2.45, 2.75) is 12.8 Å². The van der Waals surface area contributed by atoms with E-state index in [1.165, 1.54) is 6.07 Å². The summed E-state index contributed by atoms with van der Waals surface area (Å²) in [4.78, 5) is 0. The predicted octanol–water partition coefficient (Wildman–Crippen LogP) is -0.374. The van der Waals surface area contributed by atoms with Gasteiger partial charge in [-0.2, -0.15) is 0 Å². The van der Waals surface area contributed by atoms with Gasteiger partial charge >= 0.3 is 14.2 Å². The molecule has 2 fully saturated rings. The molecule has 7 nitrogen and oxygen atoms in total. The summed E-state index contributed by atoms with van der Waals surface area (Å²) in [6.07, 6.45) is 1.58. The number of aromatic nitrogens is 2. The second kappa shape index (κ2) is 5.96. The first-order valence-electron chi connectivity index (χ1n) is 7.25. The molecule has 0 bridgehead atoms. The molecule has 0 aliphatic carbocycles. The lowest BCUT2D eigenvalue weighted by atomic mass is 9.71. The zero-order valence-corrected chi connectivity index (χ0v) is 11.8. The quantitative estimate of drug-likeness (QED) is 0.700. The van der Waals surface area contributed by atoms with Crippen molar-refractivity contribution in [2.24, 2.45) is 0 Å². The summed E-state index contributed by atoms with van der Waals surface area (Å²) in [6.45, 7) is 2.12. The van der Waals surface area contributed by atoms with Crippen LogP contribution in [0.4, 0.5) is 4.39 Å². The lowest BCUT2D eigenvalue weighted by Gasteiger charge is -2.22. The lowest BCUT2D eigenvalue weighted by Crippen LogP contribution is -2.46. The second-order valence-corrected chi connectivity index (χ2v) is 5.18. The van der Waals surface area contributed by atoms with Gasteiger partial charge in [0.05, 0.1) is 0 Å². The van der Waals surface area contributed by atoms with Gasteiger partial charge in [0.1, 0.15) is 16.9 Å². The van der Waals surface area contributed by atoms with Crippen LogP contribution in [-0.2, 0) is 18.6 Å². The fraction of sp³-hybridized carbons (Fsp3) is 0.500. The zero-order chi connectivity index (χ0) is 14.9. The van der Waals surface area contributed by atoms with E-state index in [-0.39, 0.29) is 11.0 Å². The summed E-state index contributed by atoms with van der Waals surface area (Å²) in [5.74, 6) is -0.497. The fourth-order valence-corrected chi connectivity index (χ4v) is 2.68. The minimum absolute atomic E-state index is 0.204. The number of benzene rings is 1. The van der Waals surface area contributed by atoms with Gasteiger partial charge in [0.15, 0.2) is 0 Å². The Hall–Kier alpha value is -1.48. The van der Waals surface area contributed by atoms with Crippen LogP contribution < -0.4 is 10.9 Å². The molecule has 0 amide bonds. The SMILES string of the molecule is Fc1cc(B2OCCCO2)c2nonc2c1B1OCCCO1. The Kier molecular flexibility index (Phi) is 3.83. The van der Waals surface area contributed by atoms with Crippen molar-refractivity contribution in [2.75, 3.05) is 26.4 Å². The molecular formula is C12H13B2FN2O5. The van der Waals surface area contributed by atoms with E-state index < -0.39 is 20.1 Å². The first-order chi connectivity index (χ1) is 10.8. The van der Waals surface area contributed by atoms with Crippen molar-refractivity contribution < 1.29 is 27.6 Å². The molecule has 0 unspecified atom stereocenters. The first-order valence-corrected chi connectivity index (χ1v) is 7.25. The highest BCUT2D eigenvalue weighted by molar-refractivity contribution is 6.68. The Labute approximate surface area is 126 Å².